The van der Waals surface area contributed by atoms with Crippen molar-refractivity contribution in [3.63, 3.8) is 0 Å². The van der Waals surface area contributed by atoms with E-state index in [1.54, 1.807) is 18.2 Å². The topological polar surface area (TPSA) is 277 Å². The van der Waals surface area contributed by atoms with Crippen molar-refractivity contribution in [2.24, 2.45) is 0 Å². The molecule has 20 heteroatoms. The molecule has 0 atom stereocenters. The molecule has 0 amide bonds. The van der Waals surface area contributed by atoms with Gasteiger partial charge < -0.3 is 31.9 Å². The molecule has 59 heavy (non-hydrogen) atoms. The lowest BCUT2D eigenvalue weighted by atomic mass is 10.2. The number of anilines is 6. The minimum absolute atomic E-state index is 0.0774. The first-order valence-electron chi connectivity index (χ1n) is 18.0. The molecule has 0 aliphatic heterocycles. The Morgan fingerprint density at radius 2 is 0.915 bits per heavy atom. The molecule has 6 rings (SSSR count). The van der Waals surface area contributed by atoms with Gasteiger partial charge in [0.25, 0.3) is 5.69 Å². The Morgan fingerprint density at radius 1 is 0.492 bits per heavy atom. The van der Waals surface area contributed by atoms with E-state index in [0.717, 1.165) is 11.1 Å². The number of nitro groups is 3. The molecule has 0 aliphatic carbocycles. The molecule has 4 heterocycles. The standard InChI is InChI=1S/C20H19N7O2.C19H19N7O4/c21-12-16-6-8-18(24-14-16)22-10-11-23-19-9-7-17(27(28)29)20(26-19)25-13-15-4-2-1-3-5-15;27-25(28)15-6-8-17(22-13-15)20-10-11-21-18-9-7-16(26(29)30)19(24-18)23-12-14-4-2-1-3-5-14/h1-9,14H,10-11,13H2,(H,22,24)(H2,23,25,26);1-9,13H,10-12H2,(H,20,22)(H2,21,23,24). The smallest absolute Gasteiger partial charge is 0.311 e. The van der Waals surface area contributed by atoms with Gasteiger partial charge in [0.2, 0.25) is 11.6 Å². The third-order valence-electron chi connectivity index (χ3n) is 8.07. The summed E-state index contributed by atoms with van der Waals surface area (Å²) in [6.07, 6.45) is 2.68. The highest BCUT2D eigenvalue weighted by Crippen LogP contribution is 2.26. The van der Waals surface area contributed by atoms with Gasteiger partial charge in [0, 0.05) is 63.7 Å². The molecular weight excluding hydrogens is 761 g/mol. The van der Waals surface area contributed by atoms with Crippen LogP contribution in [0.5, 0.6) is 0 Å². The molecule has 0 bridgehead atoms. The van der Waals surface area contributed by atoms with Gasteiger partial charge in [-0.3, -0.25) is 30.3 Å². The van der Waals surface area contributed by atoms with E-state index in [2.05, 4.69) is 51.8 Å². The number of benzene rings is 2. The lowest BCUT2D eigenvalue weighted by Crippen LogP contribution is -2.15. The van der Waals surface area contributed by atoms with Crippen LogP contribution in [0, 0.1) is 41.7 Å². The third-order valence-corrected chi connectivity index (χ3v) is 8.07. The van der Waals surface area contributed by atoms with Crippen LogP contribution in [-0.4, -0.2) is 60.9 Å². The van der Waals surface area contributed by atoms with Gasteiger partial charge in [-0.2, -0.15) is 5.26 Å². The Labute approximate surface area is 337 Å². The Bertz CT molecular complexity index is 2350. The average molecular weight is 799 g/mol. The van der Waals surface area contributed by atoms with E-state index in [4.69, 9.17) is 5.26 Å². The maximum absolute atomic E-state index is 11.3. The van der Waals surface area contributed by atoms with Crippen LogP contribution in [0.1, 0.15) is 16.7 Å². The molecule has 0 fully saturated rings. The number of nitriles is 1. The predicted molar refractivity (Wildman–Crippen MR) is 223 cm³/mol. The van der Waals surface area contributed by atoms with Gasteiger partial charge in [0.1, 0.15) is 35.5 Å². The summed E-state index contributed by atoms with van der Waals surface area (Å²) in [5.41, 5.74) is 2.22. The molecule has 0 aliphatic rings. The van der Waals surface area contributed by atoms with E-state index in [1.165, 1.54) is 42.7 Å². The van der Waals surface area contributed by atoms with E-state index < -0.39 is 14.8 Å². The number of pyridine rings is 4. The van der Waals surface area contributed by atoms with Gasteiger partial charge in [-0.05, 0) is 41.5 Å². The summed E-state index contributed by atoms with van der Waals surface area (Å²) in [5.74, 6) is 2.57. The Hall–Kier alpha value is -8.47. The van der Waals surface area contributed by atoms with E-state index in [9.17, 15) is 30.3 Å². The van der Waals surface area contributed by atoms with Crippen LogP contribution in [0.15, 0.2) is 122 Å². The number of nitrogens with one attached hydrogen (secondary N) is 6. The van der Waals surface area contributed by atoms with Crippen molar-refractivity contribution in [2.45, 2.75) is 13.1 Å². The number of rotatable bonds is 19. The highest BCUT2D eigenvalue weighted by molar-refractivity contribution is 5.61. The minimum Gasteiger partial charge on any atom is -0.368 e. The monoisotopic (exact) mass is 798 g/mol. The van der Waals surface area contributed by atoms with Gasteiger partial charge in [-0.1, -0.05) is 60.7 Å². The molecule has 6 N–H and O–H groups in total. The highest BCUT2D eigenvalue weighted by atomic mass is 16.6. The molecule has 2 aromatic carbocycles. The first-order chi connectivity index (χ1) is 28.7. The van der Waals surface area contributed by atoms with Crippen molar-refractivity contribution >= 4 is 52.0 Å². The lowest BCUT2D eigenvalue weighted by Gasteiger charge is -2.11. The normalized spacial score (nSPS) is 10.2. The van der Waals surface area contributed by atoms with Gasteiger partial charge in [0.05, 0.1) is 20.3 Å². The third kappa shape index (κ3) is 13.4. The van der Waals surface area contributed by atoms with Crippen LogP contribution in [0.4, 0.5) is 52.0 Å². The van der Waals surface area contributed by atoms with Gasteiger partial charge >= 0.3 is 11.4 Å². The number of hydrogen-bond acceptors (Lipinski definition) is 17. The van der Waals surface area contributed by atoms with Crippen LogP contribution in [0.2, 0.25) is 0 Å². The molecule has 0 saturated carbocycles. The summed E-state index contributed by atoms with van der Waals surface area (Å²) in [6, 6.07) is 33.4. The maximum atomic E-state index is 11.3. The zero-order valence-corrected chi connectivity index (χ0v) is 31.3. The van der Waals surface area contributed by atoms with Crippen molar-refractivity contribution in [1.29, 1.82) is 5.26 Å². The largest absolute Gasteiger partial charge is 0.368 e. The average Bonchev–Trinajstić information content (AvgIpc) is 3.26. The molecule has 20 nitrogen and oxygen atoms in total. The molecule has 0 spiro atoms. The summed E-state index contributed by atoms with van der Waals surface area (Å²) in [6.45, 7) is 2.86. The lowest BCUT2D eigenvalue weighted by molar-refractivity contribution is -0.385. The zero-order valence-electron chi connectivity index (χ0n) is 31.3. The molecular formula is C39H38N14O6. The van der Waals surface area contributed by atoms with Crippen molar-refractivity contribution in [1.82, 2.24) is 19.9 Å². The number of nitrogens with zero attached hydrogens (tertiary/aromatic N) is 8. The first-order valence-corrected chi connectivity index (χ1v) is 18.0. The van der Waals surface area contributed by atoms with E-state index >= 15 is 0 Å². The number of aromatic nitrogens is 4. The van der Waals surface area contributed by atoms with Gasteiger partial charge in [0.15, 0.2) is 0 Å². The van der Waals surface area contributed by atoms with Crippen LogP contribution in [-0.2, 0) is 13.1 Å². The van der Waals surface area contributed by atoms with Crippen molar-refractivity contribution in [3.05, 3.63) is 169 Å². The van der Waals surface area contributed by atoms with E-state index in [1.807, 2.05) is 66.7 Å². The summed E-state index contributed by atoms with van der Waals surface area (Å²) in [5, 5.41) is 60.3. The Balaban J connectivity index is 0.000000224. The quantitative estimate of drug-likeness (QED) is 0.0278. The second-order valence-corrected chi connectivity index (χ2v) is 12.2. The fraction of sp³-hybridized carbons (Fsp3) is 0.154. The van der Waals surface area contributed by atoms with Crippen LogP contribution in [0.25, 0.3) is 0 Å². The fourth-order valence-corrected chi connectivity index (χ4v) is 5.14. The summed E-state index contributed by atoms with van der Waals surface area (Å²) in [7, 11) is 0. The second kappa shape index (κ2) is 21.6. The molecule has 4 aromatic heterocycles. The molecule has 0 radical (unpaired) electrons. The Morgan fingerprint density at radius 3 is 1.29 bits per heavy atom. The van der Waals surface area contributed by atoms with Crippen molar-refractivity contribution < 1.29 is 14.8 Å². The molecule has 300 valence electrons. The number of hydrogen-bond donors (Lipinski definition) is 6. The maximum Gasteiger partial charge on any atom is 0.311 e. The van der Waals surface area contributed by atoms with Crippen molar-refractivity contribution in [3.8, 4) is 6.07 Å². The van der Waals surface area contributed by atoms with Crippen LogP contribution >= 0.6 is 0 Å². The zero-order chi connectivity index (χ0) is 41.8. The first kappa shape index (κ1) is 41.7. The minimum atomic E-state index is -0.512. The van der Waals surface area contributed by atoms with E-state index in [-0.39, 0.29) is 28.7 Å². The molecule has 6 aromatic rings. The highest BCUT2D eigenvalue weighted by Gasteiger charge is 2.17. The SMILES string of the molecule is N#Cc1ccc(NCCNc2ccc([N+](=O)[O-])c(NCc3ccccc3)n2)nc1.O=[N+]([O-])c1ccc(NCCNc2ccc([N+](=O)[O-])c(NCc3ccccc3)n2)nc1. The van der Waals surface area contributed by atoms with Crippen LogP contribution in [0.3, 0.4) is 0 Å². The Kier molecular flexibility index (Phi) is 15.2. The summed E-state index contributed by atoms with van der Waals surface area (Å²) in [4.78, 5) is 48.5. The van der Waals surface area contributed by atoms with E-state index in [0.29, 0.717) is 68.1 Å². The van der Waals surface area contributed by atoms with Gasteiger partial charge in [-0.25, -0.2) is 19.9 Å². The van der Waals surface area contributed by atoms with Gasteiger partial charge in [-0.15, -0.1) is 0 Å². The molecule has 0 unspecified atom stereocenters. The molecule has 0 saturated heterocycles. The van der Waals surface area contributed by atoms with Crippen molar-refractivity contribution in [2.75, 3.05) is 58.1 Å². The van der Waals surface area contributed by atoms with Crippen LogP contribution < -0.4 is 31.9 Å². The summed E-state index contributed by atoms with van der Waals surface area (Å²) < 4.78 is 0. The fourth-order valence-electron chi connectivity index (χ4n) is 5.14. The summed E-state index contributed by atoms with van der Waals surface area (Å²) >= 11 is 0. The second-order valence-electron chi connectivity index (χ2n) is 12.2. The predicted octanol–water partition coefficient (Wildman–Crippen LogP) is 6.82.